The maximum atomic E-state index is 14.2. The van der Waals surface area contributed by atoms with Crippen LogP contribution in [0, 0.1) is 5.82 Å². The van der Waals surface area contributed by atoms with Gasteiger partial charge in [-0.15, -0.1) is 0 Å². The second-order valence-corrected chi connectivity index (χ2v) is 7.74. The second-order valence-electron chi connectivity index (χ2n) is 7.74. The molecule has 2 N–H and O–H groups in total. The number of hydrogen-bond donors (Lipinski definition) is 1. The van der Waals surface area contributed by atoms with E-state index in [-0.39, 0.29) is 5.82 Å². The second kappa shape index (κ2) is 7.23. The summed E-state index contributed by atoms with van der Waals surface area (Å²) in [7, 11) is 1.79. The maximum Gasteiger partial charge on any atom is 0.166 e. The third-order valence-corrected chi connectivity index (χ3v) is 5.69. The van der Waals surface area contributed by atoms with Gasteiger partial charge in [0.1, 0.15) is 17.6 Å². The van der Waals surface area contributed by atoms with Crippen molar-refractivity contribution in [3.8, 4) is 28.3 Å². The lowest BCUT2D eigenvalue weighted by Gasteiger charge is -2.21. The molecular weight excluding hydrogens is 395 g/mol. The Bertz CT molecular complexity index is 1290. The van der Waals surface area contributed by atoms with E-state index in [1.807, 2.05) is 13.0 Å². The monoisotopic (exact) mass is 418 g/mol. The van der Waals surface area contributed by atoms with Gasteiger partial charge in [0.15, 0.2) is 11.6 Å². The first-order valence-corrected chi connectivity index (χ1v) is 10.2. The van der Waals surface area contributed by atoms with Crippen LogP contribution in [0.15, 0.2) is 42.7 Å². The number of rotatable bonds is 1. The van der Waals surface area contributed by atoms with E-state index in [9.17, 15) is 4.39 Å². The third kappa shape index (κ3) is 3.24. The van der Waals surface area contributed by atoms with Gasteiger partial charge in [0.25, 0.3) is 0 Å². The van der Waals surface area contributed by atoms with E-state index in [2.05, 4.69) is 38.9 Å². The molecule has 1 atom stereocenters. The van der Waals surface area contributed by atoms with E-state index >= 15 is 0 Å². The number of pyridine rings is 1. The Labute approximate surface area is 179 Å². The molecule has 1 unspecified atom stereocenters. The summed E-state index contributed by atoms with van der Waals surface area (Å²) in [5.41, 5.74) is 12.2. The van der Waals surface area contributed by atoms with Crippen molar-refractivity contribution in [1.29, 1.82) is 0 Å². The normalized spacial score (nSPS) is 15.2. The summed E-state index contributed by atoms with van der Waals surface area (Å²) in [5, 5.41) is 9.25. The van der Waals surface area contributed by atoms with Gasteiger partial charge in [0, 0.05) is 49.1 Å². The Hall–Kier alpha value is -3.68. The SMILES string of the molecule is CCn1ccc2c1-c1cnc(N)c(c1)OC(C)c1cc(F)ccc1-c1nn(C)nc1C2. The highest BCUT2D eigenvalue weighted by Gasteiger charge is 2.24. The molecule has 8 heteroatoms. The molecule has 0 fully saturated rings. The molecule has 0 amide bonds. The zero-order valence-corrected chi connectivity index (χ0v) is 17.6. The van der Waals surface area contributed by atoms with Crippen LogP contribution in [0.3, 0.4) is 0 Å². The average molecular weight is 418 g/mol. The molecule has 0 saturated heterocycles. The van der Waals surface area contributed by atoms with E-state index in [0.29, 0.717) is 23.6 Å². The fourth-order valence-electron chi connectivity index (χ4n) is 4.25. The molecule has 31 heavy (non-hydrogen) atoms. The van der Waals surface area contributed by atoms with E-state index in [1.54, 1.807) is 24.1 Å². The highest BCUT2D eigenvalue weighted by atomic mass is 19.1. The van der Waals surface area contributed by atoms with Gasteiger partial charge in [-0.2, -0.15) is 15.0 Å². The van der Waals surface area contributed by atoms with Gasteiger partial charge in [-0.1, -0.05) is 0 Å². The number of nitrogens with zero attached hydrogens (tertiary/aromatic N) is 5. The number of ether oxygens (including phenoxy) is 1. The van der Waals surface area contributed by atoms with Crippen LogP contribution in [0.5, 0.6) is 5.75 Å². The molecule has 3 aromatic heterocycles. The van der Waals surface area contributed by atoms with Crippen LogP contribution < -0.4 is 10.5 Å². The number of nitrogen functional groups attached to an aromatic ring is 1. The molecule has 5 rings (SSSR count). The van der Waals surface area contributed by atoms with Crippen molar-refractivity contribution < 1.29 is 9.13 Å². The van der Waals surface area contributed by atoms with Crippen molar-refractivity contribution in [3.05, 3.63) is 65.4 Å². The molecule has 2 bridgehead atoms. The van der Waals surface area contributed by atoms with Gasteiger partial charge in [-0.05, 0) is 49.7 Å². The van der Waals surface area contributed by atoms with Crippen LogP contribution in [-0.4, -0.2) is 24.5 Å². The van der Waals surface area contributed by atoms with Crippen LogP contribution in [-0.2, 0) is 20.0 Å². The van der Waals surface area contributed by atoms with Crippen LogP contribution in [0.4, 0.5) is 10.2 Å². The third-order valence-electron chi connectivity index (χ3n) is 5.69. The number of nitrogens with two attached hydrogens (primary N) is 1. The van der Waals surface area contributed by atoms with Gasteiger partial charge in [-0.3, -0.25) is 0 Å². The minimum Gasteiger partial charge on any atom is -0.482 e. The first-order chi connectivity index (χ1) is 14.9. The number of anilines is 1. The van der Waals surface area contributed by atoms with Gasteiger partial charge in [0.05, 0.1) is 11.4 Å². The number of hydrogen-bond acceptors (Lipinski definition) is 5. The van der Waals surface area contributed by atoms with Gasteiger partial charge in [-0.25, -0.2) is 9.37 Å². The Morgan fingerprint density at radius 2 is 2.06 bits per heavy atom. The molecule has 4 aromatic rings. The highest BCUT2D eigenvalue weighted by molar-refractivity contribution is 5.71. The van der Waals surface area contributed by atoms with Gasteiger partial charge >= 0.3 is 0 Å². The van der Waals surface area contributed by atoms with Crippen LogP contribution in [0.1, 0.15) is 36.8 Å². The number of benzene rings is 1. The molecule has 0 saturated carbocycles. The Morgan fingerprint density at radius 3 is 2.87 bits per heavy atom. The highest BCUT2D eigenvalue weighted by Crippen LogP contribution is 2.38. The predicted octanol–water partition coefficient (Wildman–Crippen LogP) is 4.13. The van der Waals surface area contributed by atoms with Gasteiger partial charge < -0.3 is 15.0 Å². The molecule has 1 aliphatic rings. The lowest BCUT2D eigenvalue weighted by atomic mass is 9.96. The van der Waals surface area contributed by atoms with Crippen molar-refractivity contribution in [1.82, 2.24) is 24.5 Å². The standard InChI is InChI=1S/C23H23FN6O/c1-4-30-8-7-14-9-19-21(28-29(3)27-19)17-6-5-16(24)11-18(17)13(2)31-20-10-15(22(14)30)12-26-23(20)25/h5-8,10-13H,4,9H2,1-3H3,(H2,25,26). The van der Waals surface area contributed by atoms with E-state index in [1.165, 1.54) is 12.1 Å². The molecule has 1 aromatic carbocycles. The largest absolute Gasteiger partial charge is 0.482 e. The van der Waals surface area contributed by atoms with E-state index < -0.39 is 6.10 Å². The predicted molar refractivity (Wildman–Crippen MR) is 116 cm³/mol. The lowest BCUT2D eigenvalue weighted by Crippen LogP contribution is -2.10. The smallest absolute Gasteiger partial charge is 0.166 e. The fraction of sp³-hybridized carbons (Fsp3) is 0.261. The molecule has 0 spiro atoms. The summed E-state index contributed by atoms with van der Waals surface area (Å²) in [6, 6.07) is 8.65. The maximum absolute atomic E-state index is 14.2. The zero-order valence-electron chi connectivity index (χ0n) is 17.6. The average Bonchev–Trinajstić information content (AvgIpc) is 3.32. The molecule has 0 radical (unpaired) electrons. The van der Waals surface area contributed by atoms with Crippen LogP contribution in [0.25, 0.3) is 22.5 Å². The number of fused-ring (bicyclic) bond motifs is 7. The minimum atomic E-state index is -0.475. The lowest BCUT2D eigenvalue weighted by molar-refractivity contribution is 0.227. The fourth-order valence-corrected chi connectivity index (χ4v) is 4.25. The Kier molecular flexibility index (Phi) is 4.50. The summed E-state index contributed by atoms with van der Waals surface area (Å²) >= 11 is 0. The summed E-state index contributed by atoms with van der Waals surface area (Å²) in [6.07, 6.45) is 3.92. The zero-order chi connectivity index (χ0) is 21.7. The molecule has 158 valence electrons. The summed E-state index contributed by atoms with van der Waals surface area (Å²) < 4.78 is 22.6. The summed E-state index contributed by atoms with van der Waals surface area (Å²) in [6.45, 7) is 4.77. The van der Waals surface area contributed by atoms with E-state index in [0.717, 1.165) is 40.3 Å². The molecule has 7 nitrogen and oxygen atoms in total. The van der Waals surface area contributed by atoms with Crippen LogP contribution in [0.2, 0.25) is 0 Å². The number of aromatic nitrogens is 5. The van der Waals surface area contributed by atoms with Crippen molar-refractivity contribution in [3.63, 3.8) is 0 Å². The van der Waals surface area contributed by atoms with Gasteiger partial charge in [0.2, 0.25) is 0 Å². The number of aryl methyl sites for hydroxylation is 2. The molecule has 1 aliphatic heterocycles. The van der Waals surface area contributed by atoms with E-state index in [4.69, 9.17) is 10.5 Å². The topological polar surface area (TPSA) is 83.8 Å². The summed E-state index contributed by atoms with van der Waals surface area (Å²) in [4.78, 5) is 5.93. The number of halogens is 1. The van der Waals surface area contributed by atoms with Crippen molar-refractivity contribution >= 4 is 5.82 Å². The minimum absolute atomic E-state index is 0.293. The summed E-state index contributed by atoms with van der Waals surface area (Å²) in [5.74, 6) is 0.422. The molecule has 0 aliphatic carbocycles. The molecule has 4 heterocycles. The van der Waals surface area contributed by atoms with Crippen molar-refractivity contribution in [2.75, 3.05) is 5.73 Å². The Morgan fingerprint density at radius 1 is 1.23 bits per heavy atom. The Balaban J connectivity index is 1.81. The first-order valence-electron chi connectivity index (χ1n) is 10.2. The van der Waals surface area contributed by atoms with Crippen LogP contribution >= 0.6 is 0 Å². The quantitative estimate of drug-likeness (QED) is 0.502. The van der Waals surface area contributed by atoms with Crippen molar-refractivity contribution in [2.45, 2.75) is 32.9 Å². The first kappa shape index (κ1) is 19.3. The molecular formula is C23H23FN6O. The van der Waals surface area contributed by atoms with Crippen molar-refractivity contribution in [2.24, 2.45) is 7.05 Å².